The minimum absolute atomic E-state index is 0.00537. The molecule has 1 aliphatic heterocycles. The van der Waals surface area contributed by atoms with Crippen molar-refractivity contribution in [1.82, 2.24) is 30.7 Å². The molecule has 1 aromatic heterocycles. The van der Waals surface area contributed by atoms with Crippen molar-refractivity contribution in [3.63, 3.8) is 0 Å². The van der Waals surface area contributed by atoms with Gasteiger partial charge in [-0.05, 0) is 37.3 Å². The molecule has 0 unspecified atom stereocenters. The molecule has 1 fully saturated rings. The van der Waals surface area contributed by atoms with Crippen LogP contribution in [-0.4, -0.2) is 147 Å². The van der Waals surface area contributed by atoms with Crippen molar-refractivity contribution in [3.05, 3.63) is 41.0 Å². The van der Waals surface area contributed by atoms with Crippen LogP contribution in [0.1, 0.15) is 71.6 Å². The highest BCUT2D eigenvalue weighted by Gasteiger charge is 2.44. The quantitative estimate of drug-likeness (QED) is 0.102. The first-order valence-electron chi connectivity index (χ1n) is 20.2. The van der Waals surface area contributed by atoms with Crippen LogP contribution >= 0.6 is 11.3 Å². The summed E-state index contributed by atoms with van der Waals surface area (Å²) in [5.74, 6) is -1.36. The maximum atomic E-state index is 13.9. The Kier molecular flexibility index (Phi) is 21.2. The van der Waals surface area contributed by atoms with Gasteiger partial charge in [-0.2, -0.15) is 0 Å². The number of rotatable bonds is 26. The Hall–Kier alpha value is -4.00. The fourth-order valence-corrected chi connectivity index (χ4v) is 7.06. The number of ether oxygens (including phenoxy) is 4. The number of hydrogen-bond donors (Lipinski definition) is 4. The monoisotopic (exact) mass is 832 g/mol. The van der Waals surface area contributed by atoms with Crippen molar-refractivity contribution < 1.29 is 48.0 Å². The molecule has 5 amide bonds. The van der Waals surface area contributed by atoms with E-state index in [4.69, 9.17) is 18.9 Å². The first kappa shape index (κ1) is 48.4. The van der Waals surface area contributed by atoms with Crippen LogP contribution in [0.25, 0.3) is 10.4 Å². The number of carbonyl (C=O) groups excluding carboxylic acids is 5. The Bertz CT molecular complexity index is 1580. The van der Waals surface area contributed by atoms with Gasteiger partial charge in [0, 0.05) is 58.4 Å². The zero-order valence-electron chi connectivity index (χ0n) is 35.0. The summed E-state index contributed by atoms with van der Waals surface area (Å²) in [4.78, 5) is 72.5. The highest BCUT2D eigenvalue weighted by atomic mass is 32.1. The van der Waals surface area contributed by atoms with E-state index in [1.165, 1.54) is 4.90 Å². The van der Waals surface area contributed by atoms with Crippen LogP contribution in [-0.2, 0) is 49.5 Å². The molecular formula is C41H64N6O10S. The lowest BCUT2D eigenvalue weighted by Gasteiger charge is -2.35. The molecule has 0 aliphatic carbocycles. The van der Waals surface area contributed by atoms with Gasteiger partial charge in [0.2, 0.25) is 29.5 Å². The van der Waals surface area contributed by atoms with E-state index >= 15 is 0 Å². The molecule has 2 aromatic rings. The molecule has 58 heavy (non-hydrogen) atoms. The third-order valence-corrected chi connectivity index (χ3v) is 10.5. The Morgan fingerprint density at radius 1 is 0.862 bits per heavy atom. The number of aryl methyl sites for hydroxylation is 1. The summed E-state index contributed by atoms with van der Waals surface area (Å²) in [5.41, 5.74) is 4.05. The van der Waals surface area contributed by atoms with Gasteiger partial charge < -0.3 is 49.8 Å². The van der Waals surface area contributed by atoms with E-state index in [9.17, 15) is 29.1 Å². The number of hydrogen-bond acceptors (Lipinski definition) is 12. The van der Waals surface area contributed by atoms with Crippen LogP contribution in [0.15, 0.2) is 29.8 Å². The topological polar surface area (TPSA) is 198 Å². The lowest BCUT2D eigenvalue weighted by Crippen LogP contribution is -2.57. The first-order valence-corrected chi connectivity index (χ1v) is 21.0. The standard InChI is InChI=1S/C41H64N6O10S/c1-7-46(8-2)36(51)14-13-34(49)42-16-18-55-20-22-57-24-23-56-21-19-54-17-15-35(50)45-38(41(4,5)6)40(53)47-27-32(48)25-33(47)39(52)43-26-30-9-11-31(12-10-30)37-29(3)44-28-58-37/h9-12,28,32-33,38,48H,7-8,13-27H2,1-6H3,(H,42,49)(H,43,52)(H,45,50)/t32-,33+,38-/m1/s1. The lowest BCUT2D eigenvalue weighted by molar-refractivity contribution is -0.144. The van der Waals surface area contributed by atoms with Crippen LogP contribution in [0.5, 0.6) is 0 Å². The third-order valence-electron chi connectivity index (χ3n) is 9.55. The molecule has 0 spiro atoms. The number of carbonyl (C=O) groups is 5. The molecule has 0 bridgehead atoms. The molecule has 0 radical (unpaired) electrons. The average Bonchev–Trinajstić information content (AvgIpc) is 3.81. The van der Waals surface area contributed by atoms with Gasteiger partial charge in [0.25, 0.3) is 0 Å². The van der Waals surface area contributed by atoms with E-state index in [1.807, 2.05) is 71.3 Å². The Labute approximate surface area is 346 Å². The second-order valence-corrected chi connectivity index (χ2v) is 15.9. The number of amides is 5. The summed E-state index contributed by atoms with van der Waals surface area (Å²) in [6.45, 7) is 15.7. The van der Waals surface area contributed by atoms with Gasteiger partial charge >= 0.3 is 0 Å². The van der Waals surface area contributed by atoms with E-state index in [2.05, 4.69) is 20.9 Å². The SMILES string of the molecule is CCN(CC)C(=O)CCC(=O)NCCOCCOCCOCCOCCC(=O)N[C@H](C(=O)N1C[C@H](O)C[C@H]1C(=O)NCc1ccc(-c2scnc2C)cc1)C(C)(C)C. The number of likely N-dealkylation sites (tertiary alicyclic amines) is 1. The fourth-order valence-electron chi connectivity index (χ4n) is 6.25. The first-order chi connectivity index (χ1) is 27.7. The lowest BCUT2D eigenvalue weighted by atomic mass is 9.85. The molecule has 324 valence electrons. The van der Waals surface area contributed by atoms with Gasteiger partial charge in [-0.1, -0.05) is 45.0 Å². The largest absolute Gasteiger partial charge is 0.391 e. The van der Waals surface area contributed by atoms with Crippen molar-refractivity contribution in [2.75, 3.05) is 79.0 Å². The summed E-state index contributed by atoms with van der Waals surface area (Å²) in [5, 5.41) is 19.0. The molecule has 17 heteroatoms. The fraction of sp³-hybridized carbons (Fsp3) is 0.659. The Morgan fingerprint density at radius 2 is 1.47 bits per heavy atom. The van der Waals surface area contributed by atoms with Crippen LogP contribution in [0.4, 0.5) is 0 Å². The number of aromatic nitrogens is 1. The second-order valence-electron chi connectivity index (χ2n) is 15.1. The number of aliphatic hydroxyl groups is 1. The average molecular weight is 833 g/mol. The zero-order valence-corrected chi connectivity index (χ0v) is 35.8. The minimum Gasteiger partial charge on any atom is -0.391 e. The predicted molar refractivity (Wildman–Crippen MR) is 220 cm³/mol. The maximum absolute atomic E-state index is 13.9. The number of benzene rings is 1. The van der Waals surface area contributed by atoms with Gasteiger partial charge in [-0.25, -0.2) is 4.98 Å². The van der Waals surface area contributed by atoms with Crippen molar-refractivity contribution >= 4 is 40.9 Å². The van der Waals surface area contributed by atoms with Crippen molar-refractivity contribution in [2.45, 2.75) is 92.0 Å². The van der Waals surface area contributed by atoms with Crippen LogP contribution in [0.2, 0.25) is 0 Å². The summed E-state index contributed by atoms with van der Waals surface area (Å²) < 4.78 is 22.0. The third kappa shape index (κ3) is 16.7. The maximum Gasteiger partial charge on any atom is 0.246 e. The molecule has 2 heterocycles. The van der Waals surface area contributed by atoms with E-state index in [0.717, 1.165) is 21.7 Å². The predicted octanol–water partition coefficient (Wildman–Crippen LogP) is 2.45. The Morgan fingerprint density at radius 3 is 2.03 bits per heavy atom. The van der Waals surface area contributed by atoms with Gasteiger partial charge in [0.15, 0.2) is 0 Å². The van der Waals surface area contributed by atoms with E-state index in [-0.39, 0.29) is 75.6 Å². The number of nitrogens with one attached hydrogen (secondary N) is 3. The molecule has 3 rings (SSSR count). The van der Waals surface area contributed by atoms with Crippen LogP contribution in [0, 0.1) is 12.3 Å². The van der Waals surface area contributed by atoms with Gasteiger partial charge in [-0.15, -0.1) is 11.3 Å². The number of thiazole rings is 1. The van der Waals surface area contributed by atoms with E-state index < -0.39 is 29.5 Å². The van der Waals surface area contributed by atoms with E-state index in [0.29, 0.717) is 59.3 Å². The highest BCUT2D eigenvalue weighted by molar-refractivity contribution is 7.13. The number of aliphatic hydroxyl groups excluding tert-OH is 1. The number of β-amino-alcohol motifs (C(OH)–C–C–N with tert-alkyl or cyclic N) is 1. The molecular weight excluding hydrogens is 769 g/mol. The second kappa shape index (κ2) is 25.5. The van der Waals surface area contributed by atoms with E-state index in [1.54, 1.807) is 16.2 Å². The number of nitrogens with zero attached hydrogens (tertiary/aromatic N) is 3. The van der Waals surface area contributed by atoms with Crippen molar-refractivity contribution in [2.24, 2.45) is 5.41 Å². The molecule has 16 nitrogen and oxygen atoms in total. The summed E-state index contributed by atoms with van der Waals surface area (Å²) >= 11 is 1.57. The molecule has 3 atom stereocenters. The van der Waals surface area contributed by atoms with Gasteiger partial charge in [0.1, 0.15) is 12.1 Å². The molecule has 0 saturated carbocycles. The highest BCUT2D eigenvalue weighted by Crippen LogP contribution is 2.28. The summed E-state index contributed by atoms with van der Waals surface area (Å²) in [6.07, 6.45) is -0.381. The zero-order chi connectivity index (χ0) is 42.5. The minimum atomic E-state index is -0.927. The van der Waals surface area contributed by atoms with Crippen LogP contribution in [0.3, 0.4) is 0 Å². The summed E-state index contributed by atoms with van der Waals surface area (Å²) in [6, 6.07) is 6.06. The Balaban J connectivity index is 1.26. The van der Waals surface area contributed by atoms with Crippen molar-refractivity contribution in [3.8, 4) is 10.4 Å². The summed E-state index contributed by atoms with van der Waals surface area (Å²) in [7, 11) is 0. The molecule has 1 aromatic carbocycles. The normalized spacial score (nSPS) is 15.9. The molecule has 1 aliphatic rings. The van der Waals surface area contributed by atoms with Crippen molar-refractivity contribution in [1.29, 1.82) is 0 Å². The molecule has 1 saturated heterocycles. The smallest absolute Gasteiger partial charge is 0.246 e. The van der Waals surface area contributed by atoms with Gasteiger partial charge in [-0.3, -0.25) is 24.0 Å². The van der Waals surface area contributed by atoms with Gasteiger partial charge in [0.05, 0.1) is 75.0 Å². The molecule has 4 N–H and O–H groups in total. The van der Waals surface area contributed by atoms with Crippen LogP contribution < -0.4 is 16.0 Å².